The van der Waals surface area contributed by atoms with Gasteiger partial charge in [0.25, 0.3) is 0 Å². The van der Waals surface area contributed by atoms with Crippen LogP contribution in [0.1, 0.15) is 10.5 Å². The first-order valence-electron chi connectivity index (χ1n) is 3.75. The minimum atomic E-state index is 0.413. The molecule has 2 rings (SSSR count). The third-order valence-electron chi connectivity index (χ3n) is 1.66. The van der Waals surface area contributed by atoms with Crippen molar-refractivity contribution in [2.75, 3.05) is 0 Å². The van der Waals surface area contributed by atoms with E-state index in [9.17, 15) is 4.79 Å². The molecule has 0 aliphatic rings. The van der Waals surface area contributed by atoms with Gasteiger partial charge in [-0.05, 0) is 17.1 Å². The van der Waals surface area contributed by atoms with Gasteiger partial charge in [0.05, 0.1) is 4.88 Å². The minimum absolute atomic E-state index is 0.413. The molecule has 0 atom stereocenters. The van der Waals surface area contributed by atoms with Crippen molar-refractivity contribution in [2.45, 2.75) is 0 Å². The summed E-state index contributed by atoms with van der Waals surface area (Å²) in [5.74, 6) is 0. The lowest BCUT2D eigenvalue weighted by atomic mass is 10.2. The summed E-state index contributed by atoms with van der Waals surface area (Å²) in [6, 6.07) is 9.64. The fourth-order valence-electron chi connectivity index (χ4n) is 1.06. The molecule has 3 nitrogen and oxygen atoms in total. The molecule has 13 heavy (non-hydrogen) atoms. The fourth-order valence-corrected chi connectivity index (χ4v) is 1.70. The molecule has 2 aromatic rings. The van der Waals surface area contributed by atoms with E-state index in [-0.39, 0.29) is 0 Å². The fraction of sp³-hybridized carbons (Fsp3) is 0. The van der Waals surface area contributed by atoms with E-state index in [4.69, 9.17) is 0 Å². The van der Waals surface area contributed by atoms with Gasteiger partial charge in [0.2, 0.25) is 0 Å². The zero-order chi connectivity index (χ0) is 9.10. The van der Waals surface area contributed by atoms with Crippen molar-refractivity contribution in [3.8, 4) is 10.4 Å². The van der Waals surface area contributed by atoms with E-state index in [1.807, 2.05) is 30.3 Å². The zero-order valence-electron chi connectivity index (χ0n) is 6.68. The first-order valence-corrected chi connectivity index (χ1v) is 4.52. The third-order valence-corrected chi connectivity index (χ3v) is 2.45. The summed E-state index contributed by atoms with van der Waals surface area (Å²) in [5, 5.41) is 3.71. The van der Waals surface area contributed by atoms with Gasteiger partial charge in [0, 0.05) is 0 Å². The van der Waals surface area contributed by atoms with Gasteiger partial charge in [-0.1, -0.05) is 34.8 Å². The third kappa shape index (κ3) is 1.48. The molecule has 4 heteroatoms. The monoisotopic (exact) mass is 190 g/mol. The molecular formula is C9H6N2OS. The topological polar surface area (TPSA) is 42.9 Å². The molecule has 0 saturated heterocycles. The number of benzene rings is 1. The Morgan fingerprint density at radius 2 is 2.00 bits per heavy atom. The molecule has 0 N–H and O–H groups in total. The number of carbonyl (C=O) groups excluding carboxylic acids is 1. The summed E-state index contributed by atoms with van der Waals surface area (Å²) in [4.78, 5) is 11.4. The number of aromatic nitrogens is 2. The van der Waals surface area contributed by atoms with Crippen molar-refractivity contribution < 1.29 is 4.79 Å². The van der Waals surface area contributed by atoms with E-state index in [1.165, 1.54) is 11.5 Å². The molecule has 1 heterocycles. The highest BCUT2D eigenvalue weighted by atomic mass is 32.1. The second kappa shape index (κ2) is 3.45. The molecule has 0 radical (unpaired) electrons. The van der Waals surface area contributed by atoms with Gasteiger partial charge in [-0.15, -0.1) is 5.10 Å². The highest BCUT2D eigenvalue weighted by Gasteiger charge is 2.07. The van der Waals surface area contributed by atoms with Crippen molar-refractivity contribution in [1.82, 2.24) is 9.59 Å². The van der Waals surface area contributed by atoms with Gasteiger partial charge in [-0.3, -0.25) is 4.79 Å². The van der Waals surface area contributed by atoms with Gasteiger partial charge in [0.1, 0.15) is 5.69 Å². The molecular weight excluding hydrogens is 184 g/mol. The maximum atomic E-state index is 10.6. The molecule has 0 amide bonds. The van der Waals surface area contributed by atoms with Gasteiger partial charge >= 0.3 is 0 Å². The molecule has 1 aromatic carbocycles. The summed E-state index contributed by atoms with van der Waals surface area (Å²) >= 11 is 1.23. The summed E-state index contributed by atoms with van der Waals surface area (Å²) in [6.45, 7) is 0. The number of hydrogen-bond donors (Lipinski definition) is 0. The van der Waals surface area contributed by atoms with E-state index < -0.39 is 0 Å². The van der Waals surface area contributed by atoms with E-state index in [0.717, 1.165) is 16.7 Å². The lowest BCUT2D eigenvalue weighted by Crippen LogP contribution is -1.82. The Morgan fingerprint density at radius 3 is 2.69 bits per heavy atom. The molecule has 0 bridgehead atoms. The van der Waals surface area contributed by atoms with Crippen molar-refractivity contribution in [3.63, 3.8) is 0 Å². The Kier molecular flexibility index (Phi) is 2.14. The molecule has 0 unspecified atom stereocenters. The van der Waals surface area contributed by atoms with E-state index >= 15 is 0 Å². The average molecular weight is 190 g/mol. The standard InChI is InChI=1S/C9H6N2OS/c12-6-8-9(13-11-10-8)7-4-2-1-3-5-7/h1-6H. The smallest absolute Gasteiger partial charge is 0.171 e. The van der Waals surface area contributed by atoms with Crippen LogP contribution in [-0.4, -0.2) is 15.9 Å². The van der Waals surface area contributed by atoms with Crippen LogP contribution < -0.4 is 0 Å². The molecule has 0 aliphatic carbocycles. The van der Waals surface area contributed by atoms with Crippen LogP contribution >= 0.6 is 11.5 Å². The second-order valence-electron chi connectivity index (χ2n) is 2.47. The van der Waals surface area contributed by atoms with E-state index in [0.29, 0.717) is 5.69 Å². The van der Waals surface area contributed by atoms with Crippen molar-refractivity contribution in [3.05, 3.63) is 36.0 Å². The number of carbonyl (C=O) groups is 1. The highest BCUT2D eigenvalue weighted by Crippen LogP contribution is 2.24. The minimum Gasteiger partial charge on any atom is -0.296 e. The predicted molar refractivity (Wildman–Crippen MR) is 50.7 cm³/mol. The van der Waals surface area contributed by atoms with E-state index in [2.05, 4.69) is 9.59 Å². The molecule has 0 spiro atoms. The average Bonchev–Trinajstić information content (AvgIpc) is 2.67. The van der Waals surface area contributed by atoms with Gasteiger partial charge in [-0.25, -0.2) is 0 Å². The Balaban J connectivity index is 2.52. The largest absolute Gasteiger partial charge is 0.296 e. The number of aldehydes is 1. The summed E-state index contributed by atoms with van der Waals surface area (Å²) in [6.07, 6.45) is 0.728. The van der Waals surface area contributed by atoms with Crippen LogP contribution in [0.25, 0.3) is 10.4 Å². The van der Waals surface area contributed by atoms with Gasteiger partial charge < -0.3 is 0 Å². The maximum Gasteiger partial charge on any atom is 0.171 e. The van der Waals surface area contributed by atoms with Crippen LogP contribution in [0, 0.1) is 0 Å². The Bertz CT molecular complexity index is 411. The van der Waals surface area contributed by atoms with Crippen molar-refractivity contribution in [1.29, 1.82) is 0 Å². The zero-order valence-corrected chi connectivity index (χ0v) is 7.49. The molecule has 1 aromatic heterocycles. The lowest BCUT2D eigenvalue weighted by molar-refractivity contribution is 0.111. The van der Waals surface area contributed by atoms with Crippen molar-refractivity contribution >= 4 is 17.8 Å². The van der Waals surface area contributed by atoms with Crippen LogP contribution in [0.15, 0.2) is 30.3 Å². The summed E-state index contributed by atoms with van der Waals surface area (Å²) in [7, 11) is 0. The summed E-state index contributed by atoms with van der Waals surface area (Å²) < 4.78 is 3.73. The van der Waals surface area contributed by atoms with E-state index in [1.54, 1.807) is 0 Å². The molecule has 64 valence electrons. The first-order chi connectivity index (χ1) is 6.42. The number of rotatable bonds is 2. The molecule has 0 saturated carbocycles. The quantitative estimate of drug-likeness (QED) is 0.680. The second-order valence-corrected chi connectivity index (χ2v) is 3.23. The van der Waals surface area contributed by atoms with Crippen LogP contribution in [0.4, 0.5) is 0 Å². The van der Waals surface area contributed by atoms with Gasteiger partial charge in [-0.2, -0.15) is 0 Å². The van der Waals surface area contributed by atoms with Crippen LogP contribution in [-0.2, 0) is 0 Å². The highest BCUT2D eigenvalue weighted by molar-refractivity contribution is 7.09. The SMILES string of the molecule is O=Cc1nnsc1-c1ccccc1. The number of hydrogen-bond acceptors (Lipinski definition) is 4. The van der Waals surface area contributed by atoms with Crippen LogP contribution in [0.2, 0.25) is 0 Å². The molecule has 0 aliphatic heterocycles. The Labute approximate surface area is 79.2 Å². The maximum absolute atomic E-state index is 10.6. The molecule has 0 fully saturated rings. The predicted octanol–water partition coefficient (Wildman–Crippen LogP) is 2.02. The van der Waals surface area contributed by atoms with Crippen LogP contribution in [0.5, 0.6) is 0 Å². The normalized spacial score (nSPS) is 9.85. The lowest BCUT2D eigenvalue weighted by Gasteiger charge is -1.94. The Morgan fingerprint density at radius 1 is 1.23 bits per heavy atom. The summed E-state index contributed by atoms with van der Waals surface area (Å²) in [5.41, 5.74) is 1.40. The van der Waals surface area contributed by atoms with Crippen molar-refractivity contribution in [2.24, 2.45) is 0 Å². The number of nitrogens with zero attached hydrogens (tertiary/aromatic N) is 2. The Hall–Kier alpha value is -1.55. The first kappa shape index (κ1) is 8.07. The van der Waals surface area contributed by atoms with Crippen LogP contribution in [0.3, 0.4) is 0 Å². The van der Waals surface area contributed by atoms with Gasteiger partial charge in [0.15, 0.2) is 6.29 Å².